The summed E-state index contributed by atoms with van der Waals surface area (Å²) in [5.41, 5.74) is 0.491. The van der Waals surface area contributed by atoms with E-state index in [-0.39, 0.29) is 5.97 Å². The molecule has 0 heterocycles. The number of rotatable bonds is 1. The molecule has 0 aromatic heterocycles. The van der Waals surface area contributed by atoms with Crippen LogP contribution in [-0.4, -0.2) is 13.1 Å². The van der Waals surface area contributed by atoms with Gasteiger partial charge in [-0.25, -0.2) is 4.79 Å². The van der Waals surface area contributed by atoms with E-state index in [1.165, 1.54) is 7.11 Å². The molecule has 14 heavy (non-hydrogen) atoms. The van der Waals surface area contributed by atoms with Crippen LogP contribution >= 0.6 is 0 Å². The zero-order chi connectivity index (χ0) is 9.97. The third kappa shape index (κ3) is 1.35. The molecule has 2 aromatic rings. The van der Waals surface area contributed by atoms with Gasteiger partial charge in [-0.1, -0.05) is 36.4 Å². The molecule has 0 atom stereocenters. The van der Waals surface area contributed by atoms with Gasteiger partial charge in [-0.2, -0.15) is 0 Å². The van der Waals surface area contributed by atoms with Crippen LogP contribution in [0.5, 0.6) is 0 Å². The molecular formula is C12H9O2. The Morgan fingerprint density at radius 1 is 1.29 bits per heavy atom. The fraction of sp³-hybridized carbons (Fsp3) is 0.0833. The van der Waals surface area contributed by atoms with Gasteiger partial charge in [0.2, 0.25) is 0 Å². The lowest BCUT2D eigenvalue weighted by molar-refractivity contribution is 0.0602. The van der Waals surface area contributed by atoms with Crippen molar-refractivity contribution >= 4 is 16.7 Å². The highest BCUT2D eigenvalue weighted by Crippen LogP contribution is 2.18. The molecule has 0 spiro atoms. The van der Waals surface area contributed by atoms with Crippen LogP contribution in [0.3, 0.4) is 0 Å². The van der Waals surface area contributed by atoms with E-state index < -0.39 is 0 Å². The third-order valence-electron chi connectivity index (χ3n) is 2.11. The van der Waals surface area contributed by atoms with Crippen LogP contribution in [0, 0.1) is 6.07 Å². The van der Waals surface area contributed by atoms with Gasteiger partial charge in [-0.15, -0.1) is 0 Å². The van der Waals surface area contributed by atoms with Crippen molar-refractivity contribution in [2.45, 2.75) is 0 Å². The van der Waals surface area contributed by atoms with E-state index in [1.54, 1.807) is 6.07 Å². The molecule has 0 fully saturated rings. The smallest absolute Gasteiger partial charge is 0.339 e. The maximum Gasteiger partial charge on any atom is 0.339 e. The summed E-state index contributed by atoms with van der Waals surface area (Å²) in [5, 5.41) is 1.90. The molecule has 0 saturated carbocycles. The molecule has 0 saturated heterocycles. The molecule has 0 aliphatic carbocycles. The topological polar surface area (TPSA) is 26.3 Å². The predicted octanol–water partition coefficient (Wildman–Crippen LogP) is 2.43. The van der Waals surface area contributed by atoms with Crippen molar-refractivity contribution in [2.75, 3.05) is 7.11 Å². The van der Waals surface area contributed by atoms with E-state index in [9.17, 15) is 4.79 Å². The van der Waals surface area contributed by atoms with Crippen LogP contribution < -0.4 is 0 Å². The van der Waals surface area contributed by atoms with Gasteiger partial charge in [0.15, 0.2) is 0 Å². The quantitative estimate of drug-likeness (QED) is 0.638. The van der Waals surface area contributed by atoms with E-state index in [1.807, 2.05) is 30.3 Å². The Balaban J connectivity index is 2.71. The van der Waals surface area contributed by atoms with Gasteiger partial charge in [0.1, 0.15) is 0 Å². The van der Waals surface area contributed by atoms with Gasteiger partial charge in [0.25, 0.3) is 0 Å². The number of hydrogen-bond acceptors (Lipinski definition) is 2. The first-order valence-electron chi connectivity index (χ1n) is 4.30. The van der Waals surface area contributed by atoms with Crippen molar-refractivity contribution in [3.63, 3.8) is 0 Å². The average molecular weight is 185 g/mol. The second-order valence-corrected chi connectivity index (χ2v) is 2.93. The summed E-state index contributed by atoms with van der Waals surface area (Å²) < 4.78 is 4.67. The first-order valence-corrected chi connectivity index (χ1v) is 4.30. The highest BCUT2D eigenvalue weighted by Gasteiger charge is 2.08. The van der Waals surface area contributed by atoms with Gasteiger partial charge in [-0.05, 0) is 16.8 Å². The molecule has 0 N–H and O–H groups in total. The van der Waals surface area contributed by atoms with E-state index in [4.69, 9.17) is 0 Å². The van der Waals surface area contributed by atoms with Gasteiger partial charge < -0.3 is 4.74 Å². The molecule has 0 amide bonds. The van der Waals surface area contributed by atoms with Crippen LogP contribution in [0.1, 0.15) is 10.4 Å². The van der Waals surface area contributed by atoms with Crippen molar-refractivity contribution in [2.24, 2.45) is 0 Å². The fourth-order valence-electron chi connectivity index (χ4n) is 1.43. The zero-order valence-corrected chi connectivity index (χ0v) is 7.78. The predicted molar refractivity (Wildman–Crippen MR) is 54.1 cm³/mol. The van der Waals surface area contributed by atoms with Crippen molar-refractivity contribution in [1.29, 1.82) is 0 Å². The van der Waals surface area contributed by atoms with E-state index in [0.29, 0.717) is 5.56 Å². The lowest BCUT2D eigenvalue weighted by atomic mass is 10.1. The summed E-state index contributed by atoms with van der Waals surface area (Å²) in [6, 6.07) is 14.2. The molecule has 0 aliphatic rings. The Morgan fingerprint density at radius 3 is 2.86 bits per heavy atom. The molecular weight excluding hydrogens is 176 g/mol. The monoisotopic (exact) mass is 185 g/mol. The number of fused-ring (bicyclic) bond motifs is 1. The Morgan fingerprint density at radius 2 is 2.07 bits per heavy atom. The number of methoxy groups -OCH3 is 1. The van der Waals surface area contributed by atoms with Crippen LogP contribution in [0.15, 0.2) is 36.4 Å². The number of benzene rings is 2. The van der Waals surface area contributed by atoms with Gasteiger partial charge in [-0.3, -0.25) is 0 Å². The van der Waals surface area contributed by atoms with Crippen molar-refractivity contribution in [1.82, 2.24) is 0 Å². The fourth-order valence-corrected chi connectivity index (χ4v) is 1.43. The highest BCUT2D eigenvalue weighted by atomic mass is 16.5. The maximum atomic E-state index is 11.4. The molecule has 2 nitrogen and oxygen atoms in total. The lowest BCUT2D eigenvalue weighted by Crippen LogP contribution is -2.01. The van der Waals surface area contributed by atoms with Crippen molar-refractivity contribution in [3.05, 3.63) is 48.0 Å². The van der Waals surface area contributed by atoms with Gasteiger partial charge in [0, 0.05) is 0 Å². The molecule has 0 aliphatic heterocycles. The molecule has 2 rings (SSSR count). The molecule has 2 heteroatoms. The third-order valence-corrected chi connectivity index (χ3v) is 2.11. The van der Waals surface area contributed by atoms with E-state index in [2.05, 4.69) is 10.8 Å². The Hall–Kier alpha value is -1.83. The first kappa shape index (κ1) is 8.75. The van der Waals surface area contributed by atoms with Crippen molar-refractivity contribution in [3.8, 4) is 0 Å². The summed E-state index contributed by atoms with van der Waals surface area (Å²) in [4.78, 5) is 11.4. The SMILES string of the molecule is COC(=O)c1[c]ccc2ccccc12. The van der Waals surface area contributed by atoms with E-state index in [0.717, 1.165) is 10.8 Å². The van der Waals surface area contributed by atoms with Gasteiger partial charge >= 0.3 is 5.97 Å². The molecule has 0 bridgehead atoms. The lowest BCUT2D eigenvalue weighted by Gasteiger charge is -2.02. The normalized spacial score (nSPS) is 10.1. The summed E-state index contributed by atoms with van der Waals surface area (Å²) in [6.45, 7) is 0. The Labute approximate surface area is 82.1 Å². The van der Waals surface area contributed by atoms with Crippen LogP contribution in [0.4, 0.5) is 0 Å². The number of carbonyl (C=O) groups excluding carboxylic acids is 1. The molecule has 1 radical (unpaired) electrons. The van der Waals surface area contributed by atoms with Crippen LogP contribution in [0.2, 0.25) is 0 Å². The largest absolute Gasteiger partial charge is 0.465 e. The Kier molecular flexibility index (Phi) is 2.19. The number of carbonyl (C=O) groups is 1. The van der Waals surface area contributed by atoms with Crippen LogP contribution in [-0.2, 0) is 4.74 Å². The van der Waals surface area contributed by atoms with Crippen LogP contribution in [0.25, 0.3) is 10.8 Å². The first-order chi connectivity index (χ1) is 6.83. The molecule has 2 aromatic carbocycles. The number of esters is 1. The number of ether oxygens (including phenoxy) is 1. The van der Waals surface area contributed by atoms with Gasteiger partial charge in [0.05, 0.1) is 12.7 Å². The highest BCUT2D eigenvalue weighted by molar-refractivity contribution is 6.04. The summed E-state index contributed by atoms with van der Waals surface area (Å²) >= 11 is 0. The minimum absolute atomic E-state index is 0.346. The minimum atomic E-state index is -0.346. The molecule has 69 valence electrons. The molecule has 0 unspecified atom stereocenters. The minimum Gasteiger partial charge on any atom is -0.465 e. The summed E-state index contributed by atoms with van der Waals surface area (Å²) in [6.07, 6.45) is 0. The van der Waals surface area contributed by atoms with Crippen molar-refractivity contribution < 1.29 is 9.53 Å². The van der Waals surface area contributed by atoms with E-state index >= 15 is 0 Å². The standard InChI is InChI=1S/C12H9O2/c1-14-12(13)11-8-4-6-9-5-2-3-7-10(9)11/h2-7H,1H3. The number of hydrogen-bond donors (Lipinski definition) is 0. The second-order valence-electron chi connectivity index (χ2n) is 2.93. The summed E-state index contributed by atoms with van der Waals surface area (Å²) in [5.74, 6) is -0.346. The summed E-state index contributed by atoms with van der Waals surface area (Å²) in [7, 11) is 1.37. The zero-order valence-electron chi connectivity index (χ0n) is 7.78. The maximum absolute atomic E-state index is 11.4. The Bertz CT molecular complexity index is 469. The average Bonchev–Trinajstić information content (AvgIpc) is 2.27. The second kappa shape index (κ2) is 3.50.